The minimum atomic E-state index is 0.876. The highest BCUT2D eigenvalue weighted by Crippen LogP contribution is 2.19. The van der Waals surface area contributed by atoms with Crippen LogP contribution in [0, 0.1) is 0 Å². The van der Waals surface area contributed by atoms with E-state index in [9.17, 15) is 4.79 Å². The highest BCUT2D eigenvalue weighted by Gasteiger charge is 2.16. The Morgan fingerprint density at radius 3 is 2.35 bits per heavy atom. The zero-order valence-corrected chi connectivity index (χ0v) is 10.2. The number of allylic oxidation sites excluding steroid dienone is 1. The van der Waals surface area contributed by atoms with Gasteiger partial charge in [0.15, 0.2) is 0 Å². The van der Waals surface area contributed by atoms with Gasteiger partial charge < -0.3 is 9.80 Å². The summed E-state index contributed by atoms with van der Waals surface area (Å²) in [5, 5.41) is 0. The summed E-state index contributed by atoms with van der Waals surface area (Å²) in [5.74, 6) is 0. The predicted molar refractivity (Wildman–Crippen MR) is 69.6 cm³/mol. The molecule has 0 aliphatic carbocycles. The van der Waals surface area contributed by atoms with E-state index in [1.807, 2.05) is 30.3 Å². The summed E-state index contributed by atoms with van der Waals surface area (Å²) in [6.07, 6.45) is 2.54. The SMILES string of the molecule is CN1CCN(C(=CC=O)c2ccccc2)CC1. The van der Waals surface area contributed by atoms with Crippen LogP contribution >= 0.6 is 0 Å². The van der Waals surface area contributed by atoms with Crippen LogP contribution in [-0.2, 0) is 4.79 Å². The van der Waals surface area contributed by atoms with Crippen LogP contribution in [0.3, 0.4) is 0 Å². The number of hydrogen-bond acceptors (Lipinski definition) is 3. The summed E-state index contributed by atoms with van der Waals surface area (Å²) in [6.45, 7) is 4.04. The van der Waals surface area contributed by atoms with Crippen molar-refractivity contribution in [2.75, 3.05) is 33.2 Å². The Morgan fingerprint density at radius 1 is 1.12 bits per heavy atom. The first-order valence-electron chi connectivity index (χ1n) is 5.95. The Labute approximate surface area is 102 Å². The highest BCUT2D eigenvalue weighted by molar-refractivity contribution is 5.80. The summed E-state index contributed by atoms with van der Waals surface area (Å²) in [4.78, 5) is 15.4. The molecule has 1 heterocycles. The standard InChI is InChI=1S/C14H18N2O/c1-15-8-10-16(11-9-15)14(7-12-17)13-5-3-2-4-6-13/h2-7,12H,8-11H2,1H3. The van der Waals surface area contributed by atoms with E-state index in [1.165, 1.54) is 0 Å². The van der Waals surface area contributed by atoms with Gasteiger partial charge in [0.2, 0.25) is 0 Å². The Bertz CT molecular complexity index is 392. The van der Waals surface area contributed by atoms with Crippen molar-refractivity contribution in [1.29, 1.82) is 0 Å². The van der Waals surface area contributed by atoms with E-state index in [2.05, 4.69) is 16.8 Å². The molecule has 0 bridgehead atoms. The normalized spacial score (nSPS) is 18.2. The Hall–Kier alpha value is -1.61. The van der Waals surface area contributed by atoms with Gasteiger partial charge in [-0.3, -0.25) is 4.79 Å². The molecule has 1 aliphatic rings. The molecule has 0 aromatic heterocycles. The fourth-order valence-corrected chi connectivity index (χ4v) is 2.10. The third-order valence-corrected chi connectivity index (χ3v) is 3.14. The molecule has 90 valence electrons. The fraction of sp³-hybridized carbons (Fsp3) is 0.357. The molecule has 0 radical (unpaired) electrons. The second-order valence-corrected chi connectivity index (χ2v) is 4.34. The maximum Gasteiger partial charge on any atom is 0.144 e. The summed E-state index contributed by atoms with van der Waals surface area (Å²) >= 11 is 0. The Balaban J connectivity index is 2.19. The maximum atomic E-state index is 10.8. The molecule has 0 spiro atoms. The topological polar surface area (TPSA) is 23.6 Å². The van der Waals surface area contributed by atoms with E-state index in [4.69, 9.17) is 0 Å². The molecule has 3 nitrogen and oxygen atoms in total. The number of nitrogens with zero attached hydrogens (tertiary/aromatic N) is 2. The summed E-state index contributed by atoms with van der Waals surface area (Å²) < 4.78 is 0. The minimum Gasteiger partial charge on any atom is -0.368 e. The van der Waals surface area contributed by atoms with Crippen LogP contribution in [-0.4, -0.2) is 49.3 Å². The highest BCUT2D eigenvalue weighted by atomic mass is 16.1. The lowest BCUT2D eigenvalue weighted by atomic mass is 10.1. The number of likely N-dealkylation sites (N-methyl/N-ethyl adjacent to an activating group) is 1. The maximum absolute atomic E-state index is 10.8. The molecule has 0 N–H and O–H groups in total. The van der Waals surface area contributed by atoms with Gasteiger partial charge in [-0.15, -0.1) is 0 Å². The number of hydrogen-bond donors (Lipinski definition) is 0. The van der Waals surface area contributed by atoms with Crippen LogP contribution < -0.4 is 0 Å². The molecule has 17 heavy (non-hydrogen) atoms. The lowest BCUT2D eigenvalue weighted by molar-refractivity contribution is -0.104. The molecule has 0 unspecified atom stereocenters. The number of carbonyl (C=O) groups excluding carboxylic acids is 1. The van der Waals surface area contributed by atoms with Gasteiger partial charge >= 0.3 is 0 Å². The zero-order valence-electron chi connectivity index (χ0n) is 10.2. The van der Waals surface area contributed by atoms with Gasteiger partial charge in [0.05, 0.1) is 0 Å². The smallest absolute Gasteiger partial charge is 0.144 e. The molecule has 1 fully saturated rings. The summed E-state index contributed by atoms with van der Waals surface area (Å²) in [5.41, 5.74) is 2.15. The van der Waals surface area contributed by atoms with Crippen molar-refractivity contribution in [3.63, 3.8) is 0 Å². The molecule has 1 aromatic rings. The first-order valence-corrected chi connectivity index (χ1v) is 5.95. The van der Waals surface area contributed by atoms with E-state index in [0.717, 1.165) is 43.7 Å². The van der Waals surface area contributed by atoms with Gasteiger partial charge in [-0.1, -0.05) is 30.3 Å². The van der Waals surface area contributed by atoms with Crippen LogP contribution in [0.1, 0.15) is 5.56 Å². The van der Waals surface area contributed by atoms with Gasteiger partial charge in [0.25, 0.3) is 0 Å². The van der Waals surface area contributed by atoms with E-state index in [-0.39, 0.29) is 0 Å². The van der Waals surface area contributed by atoms with Crippen molar-refractivity contribution in [1.82, 2.24) is 9.80 Å². The molecular formula is C14H18N2O. The number of piperazine rings is 1. The third kappa shape index (κ3) is 2.94. The van der Waals surface area contributed by atoms with Gasteiger partial charge in [-0.25, -0.2) is 0 Å². The van der Waals surface area contributed by atoms with Gasteiger partial charge in [0.1, 0.15) is 6.29 Å². The predicted octanol–water partition coefficient (Wildman–Crippen LogP) is 1.47. The van der Waals surface area contributed by atoms with Crippen LogP contribution in [0.5, 0.6) is 0 Å². The second kappa shape index (κ2) is 5.64. The first-order chi connectivity index (χ1) is 8.31. The number of benzene rings is 1. The Kier molecular flexibility index (Phi) is 3.94. The van der Waals surface area contributed by atoms with Crippen LogP contribution in [0.15, 0.2) is 36.4 Å². The molecular weight excluding hydrogens is 212 g/mol. The molecule has 0 atom stereocenters. The van der Waals surface area contributed by atoms with Crippen molar-refractivity contribution in [3.05, 3.63) is 42.0 Å². The van der Waals surface area contributed by atoms with Gasteiger partial charge in [-0.2, -0.15) is 0 Å². The van der Waals surface area contributed by atoms with Crippen molar-refractivity contribution >= 4 is 12.0 Å². The average molecular weight is 230 g/mol. The lowest BCUT2D eigenvalue weighted by Crippen LogP contribution is -2.43. The van der Waals surface area contributed by atoms with Crippen molar-refractivity contribution in [3.8, 4) is 0 Å². The molecule has 0 amide bonds. The lowest BCUT2D eigenvalue weighted by Gasteiger charge is -2.35. The third-order valence-electron chi connectivity index (χ3n) is 3.14. The zero-order chi connectivity index (χ0) is 12.1. The van der Waals surface area contributed by atoms with Crippen LogP contribution in [0.2, 0.25) is 0 Å². The number of rotatable bonds is 3. The molecule has 2 rings (SSSR count). The minimum absolute atomic E-state index is 0.876. The number of aldehydes is 1. The monoisotopic (exact) mass is 230 g/mol. The average Bonchev–Trinajstić information content (AvgIpc) is 2.38. The quantitative estimate of drug-likeness (QED) is 0.580. The second-order valence-electron chi connectivity index (χ2n) is 4.34. The molecule has 1 saturated heterocycles. The summed E-state index contributed by atoms with van der Waals surface area (Å²) in [7, 11) is 2.13. The molecule has 1 aromatic carbocycles. The van der Waals surface area contributed by atoms with E-state index in [0.29, 0.717) is 0 Å². The van der Waals surface area contributed by atoms with Crippen LogP contribution in [0.4, 0.5) is 0 Å². The van der Waals surface area contributed by atoms with Gasteiger partial charge in [0, 0.05) is 38.0 Å². The van der Waals surface area contributed by atoms with Crippen molar-refractivity contribution in [2.45, 2.75) is 0 Å². The Morgan fingerprint density at radius 2 is 1.76 bits per heavy atom. The van der Waals surface area contributed by atoms with Crippen molar-refractivity contribution in [2.24, 2.45) is 0 Å². The van der Waals surface area contributed by atoms with E-state index < -0.39 is 0 Å². The number of carbonyl (C=O) groups is 1. The van der Waals surface area contributed by atoms with Crippen LogP contribution in [0.25, 0.3) is 5.70 Å². The first kappa shape index (κ1) is 11.9. The summed E-state index contributed by atoms with van der Waals surface area (Å²) in [6, 6.07) is 10.1. The largest absolute Gasteiger partial charge is 0.368 e. The van der Waals surface area contributed by atoms with E-state index in [1.54, 1.807) is 6.08 Å². The van der Waals surface area contributed by atoms with Crippen molar-refractivity contribution < 1.29 is 4.79 Å². The molecule has 3 heteroatoms. The fourth-order valence-electron chi connectivity index (χ4n) is 2.10. The molecule has 1 aliphatic heterocycles. The van der Waals surface area contributed by atoms with Gasteiger partial charge in [-0.05, 0) is 12.6 Å². The molecule has 0 saturated carbocycles. The van der Waals surface area contributed by atoms with E-state index >= 15 is 0 Å².